The number of rotatable bonds is 5. The van der Waals surface area contributed by atoms with Gasteiger partial charge in [0.05, 0.1) is 5.54 Å². The summed E-state index contributed by atoms with van der Waals surface area (Å²) in [6, 6.07) is 13.0. The maximum Gasteiger partial charge on any atom is 0.235 e. The van der Waals surface area contributed by atoms with Crippen molar-refractivity contribution in [2.75, 3.05) is 0 Å². The summed E-state index contributed by atoms with van der Waals surface area (Å²) in [5.41, 5.74) is 1.82. The summed E-state index contributed by atoms with van der Waals surface area (Å²) in [7, 11) is 0. The molecule has 2 aromatic rings. The van der Waals surface area contributed by atoms with E-state index >= 15 is 0 Å². The fourth-order valence-corrected chi connectivity index (χ4v) is 3.42. The maximum absolute atomic E-state index is 14.6. The highest BCUT2D eigenvalue weighted by Gasteiger charge is 2.36. The lowest BCUT2D eigenvalue weighted by molar-refractivity contribution is 0.287. The van der Waals surface area contributed by atoms with Gasteiger partial charge < -0.3 is 4.74 Å². The maximum atomic E-state index is 14.6. The second-order valence-corrected chi connectivity index (χ2v) is 6.32. The van der Waals surface area contributed by atoms with Crippen LogP contribution in [0.25, 0.3) is 0 Å². The van der Waals surface area contributed by atoms with Crippen LogP contribution in [-0.2, 0) is 16.9 Å². The first kappa shape index (κ1) is 16.4. The normalized spacial score (nSPS) is 15.8. The quantitative estimate of drug-likeness (QED) is 0.584. The van der Waals surface area contributed by atoms with Gasteiger partial charge >= 0.3 is 0 Å². The average Bonchev–Trinajstić information content (AvgIpc) is 3.05. The van der Waals surface area contributed by atoms with Crippen molar-refractivity contribution in [3.8, 4) is 5.75 Å². The molecule has 124 valence electrons. The number of halogens is 1. The summed E-state index contributed by atoms with van der Waals surface area (Å²) in [6.45, 7) is 2.13. The molecule has 1 aliphatic carbocycles. The Bertz CT molecular complexity index is 737. The van der Waals surface area contributed by atoms with E-state index in [0.717, 1.165) is 36.8 Å². The van der Waals surface area contributed by atoms with Gasteiger partial charge in [-0.15, -0.1) is 0 Å². The second-order valence-electron chi connectivity index (χ2n) is 6.32. The Kier molecular flexibility index (Phi) is 4.77. The lowest BCUT2D eigenvalue weighted by atomic mass is 9.87. The van der Waals surface area contributed by atoms with E-state index in [2.05, 4.69) is 4.99 Å². The minimum absolute atomic E-state index is 0.255. The summed E-state index contributed by atoms with van der Waals surface area (Å²) in [5.74, 6) is -0.154. The molecule has 0 aliphatic heterocycles. The largest absolute Gasteiger partial charge is 0.486 e. The first-order valence-electron chi connectivity index (χ1n) is 8.21. The Hall–Kier alpha value is -2.45. The number of isocyanates is 1. The summed E-state index contributed by atoms with van der Waals surface area (Å²) < 4.78 is 20.3. The molecule has 0 saturated heterocycles. The van der Waals surface area contributed by atoms with Crippen LogP contribution < -0.4 is 4.74 Å². The first-order valence-corrected chi connectivity index (χ1v) is 8.21. The minimum Gasteiger partial charge on any atom is -0.486 e. The minimum atomic E-state index is -0.620. The van der Waals surface area contributed by atoms with Crippen LogP contribution in [0.15, 0.2) is 47.5 Å². The van der Waals surface area contributed by atoms with Gasteiger partial charge in [0.1, 0.15) is 6.61 Å². The van der Waals surface area contributed by atoms with E-state index in [1.54, 1.807) is 6.08 Å². The van der Waals surface area contributed by atoms with Crippen molar-refractivity contribution in [3.05, 3.63) is 65.0 Å². The predicted octanol–water partition coefficient (Wildman–Crippen LogP) is 4.82. The number of ether oxygens (including phenoxy) is 1. The number of aryl methyl sites for hydroxylation is 1. The van der Waals surface area contributed by atoms with Crippen molar-refractivity contribution in [3.63, 3.8) is 0 Å². The molecule has 1 saturated carbocycles. The lowest BCUT2D eigenvalue weighted by Gasteiger charge is -2.24. The Balaban J connectivity index is 1.87. The molecule has 0 radical (unpaired) electrons. The molecular weight excluding hydrogens is 305 g/mol. The van der Waals surface area contributed by atoms with E-state index in [1.807, 2.05) is 43.3 Å². The van der Waals surface area contributed by atoms with Gasteiger partial charge in [-0.05, 0) is 48.6 Å². The third-order valence-corrected chi connectivity index (χ3v) is 4.68. The van der Waals surface area contributed by atoms with Crippen LogP contribution >= 0.6 is 0 Å². The zero-order chi connectivity index (χ0) is 17.0. The van der Waals surface area contributed by atoms with Gasteiger partial charge in [-0.2, -0.15) is 4.99 Å². The van der Waals surface area contributed by atoms with Gasteiger partial charge in [0.2, 0.25) is 6.08 Å². The molecule has 3 nitrogen and oxygen atoms in total. The molecule has 0 bridgehead atoms. The predicted molar refractivity (Wildman–Crippen MR) is 90.2 cm³/mol. The molecule has 2 aromatic carbocycles. The zero-order valence-corrected chi connectivity index (χ0v) is 13.7. The van der Waals surface area contributed by atoms with E-state index in [-0.39, 0.29) is 5.75 Å². The molecule has 0 heterocycles. The fraction of sp³-hybridized carbons (Fsp3) is 0.350. The van der Waals surface area contributed by atoms with Gasteiger partial charge in [-0.3, -0.25) is 0 Å². The molecule has 3 rings (SSSR count). The van der Waals surface area contributed by atoms with E-state index in [9.17, 15) is 9.18 Å². The van der Waals surface area contributed by atoms with Gasteiger partial charge in [-0.25, -0.2) is 9.18 Å². The highest BCUT2D eigenvalue weighted by Crippen LogP contribution is 2.43. The van der Waals surface area contributed by atoms with Gasteiger partial charge in [0, 0.05) is 0 Å². The number of aliphatic imine (C=N–C) groups is 1. The Morgan fingerprint density at radius 2 is 1.92 bits per heavy atom. The zero-order valence-electron chi connectivity index (χ0n) is 13.7. The fourth-order valence-electron chi connectivity index (χ4n) is 3.42. The molecule has 0 aromatic heterocycles. The molecule has 1 aliphatic rings. The van der Waals surface area contributed by atoms with Crippen LogP contribution in [0.2, 0.25) is 0 Å². The Morgan fingerprint density at radius 1 is 1.21 bits per heavy atom. The molecular formula is C20H20FNO2. The van der Waals surface area contributed by atoms with Gasteiger partial charge in [0.15, 0.2) is 11.6 Å². The molecule has 0 N–H and O–H groups in total. The summed E-state index contributed by atoms with van der Waals surface area (Å²) >= 11 is 0. The second kappa shape index (κ2) is 6.98. The smallest absolute Gasteiger partial charge is 0.235 e. The van der Waals surface area contributed by atoms with Crippen molar-refractivity contribution >= 4 is 6.08 Å². The number of hydrogen-bond donors (Lipinski definition) is 0. The average molecular weight is 325 g/mol. The Labute approximate surface area is 141 Å². The number of hydrogen-bond acceptors (Lipinski definition) is 3. The summed E-state index contributed by atoms with van der Waals surface area (Å²) in [6.07, 6.45) is 5.15. The monoisotopic (exact) mass is 325 g/mol. The molecule has 4 heteroatoms. The highest BCUT2D eigenvalue weighted by molar-refractivity contribution is 5.44. The van der Waals surface area contributed by atoms with Crippen LogP contribution in [0, 0.1) is 12.7 Å². The van der Waals surface area contributed by atoms with Crippen molar-refractivity contribution < 1.29 is 13.9 Å². The van der Waals surface area contributed by atoms with Crippen LogP contribution in [0.4, 0.5) is 4.39 Å². The van der Waals surface area contributed by atoms with Crippen LogP contribution in [0.1, 0.15) is 42.4 Å². The van der Waals surface area contributed by atoms with Crippen molar-refractivity contribution in [2.45, 2.75) is 44.8 Å². The number of benzene rings is 2. The van der Waals surface area contributed by atoms with Gasteiger partial charge in [0.25, 0.3) is 0 Å². The molecule has 0 amide bonds. The van der Waals surface area contributed by atoms with Crippen LogP contribution in [-0.4, -0.2) is 6.08 Å². The first-order chi connectivity index (χ1) is 11.6. The van der Waals surface area contributed by atoms with E-state index < -0.39 is 11.4 Å². The van der Waals surface area contributed by atoms with E-state index in [4.69, 9.17) is 4.74 Å². The third-order valence-electron chi connectivity index (χ3n) is 4.68. The lowest BCUT2D eigenvalue weighted by Crippen LogP contribution is -2.19. The van der Waals surface area contributed by atoms with Crippen molar-refractivity contribution in [1.82, 2.24) is 0 Å². The number of nitrogens with zero attached hydrogens (tertiary/aromatic N) is 1. The topological polar surface area (TPSA) is 38.7 Å². The summed E-state index contributed by atoms with van der Waals surface area (Å²) in [4.78, 5) is 14.8. The van der Waals surface area contributed by atoms with Crippen molar-refractivity contribution in [1.29, 1.82) is 0 Å². The standard InChI is InChI=1S/C20H20FNO2/c1-15-11-17(20(22-14-23)9-5-6-10-20)12-18(21)19(15)24-13-16-7-3-2-4-8-16/h2-4,7-8,11-12H,5-6,9-10,13H2,1H3. The van der Waals surface area contributed by atoms with Crippen LogP contribution in [0.3, 0.4) is 0 Å². The molecule has 0 spiro atoms. The van der Waals surface area contributed by atoms with Gasteiger partial charge in [-0.1, -0.05) is 43.2 Å². The summed E-state index contributed by atoms with van der Waals surface area (Å²) in [5, 5.41) is 0. The number of carbonyl (C=O) groups excluding carboxylic acids is 1. The SMILES string of the molecule is Cc1cc(C2(N=C=O)CCCC2)cc(F)c1OCc1ccccc1. The highest BCUT2D eigenvalue weighted by atomic mass is 19.1. The molecule has 24 heavy (non-hydrogen) atoms. The Morgan fingerprint density at radius 3 is 2.54 bits per heavy atom. The van der Waals surface area contributed by atoms with Crippen LogP contribution in [0.5, 0.6) is 5.75 Å². The van der Waals surface area contributed by atoms with E-state index in [0.29, 0.717) is 12.2 Å². The molecule has 0 unspecified atom stereocenters. The van der Waals surface area contributed by atoms with Crippen molar-refractivity contribution in [2.24, 2.45) is 4.99 Å². The molecule has 0 atom stereocenters. The van der Waals surface area contributed by atoms with E-state index in [1.165, 1.54) is 6.07 Å². The third kappa shape index (κ3) is 3.24. The molecule has 1 fully saturated rings.